The fourth-order valence-electron chi connectivity index (χ4n) is 3.42. The average Bonchev–Trinajstić information content (AvgIpc) is 3.40. The van der Waals surface area contributed by atoms with Gasteiger partial charge in [0.2, 0.25) is 0 Å². The van der Waals surface area contributed by atoms with Crippen LogP contribution in [0.2, 0.25) is 10.0 Å². The van der Waals surface area contributed by atoms with Crippen LogP contribution >= 0.6 is 23.2 Å². The van der Waals surface area contributed by atoms with Crippen molar-refractivity contribution >= 4 is 36.9 Å². The van der Waals surface area contributed by atoms with E-state index in [9.17, 15) is 9.50 Å². The molecule has 33 heavy (non-hydrogen) atoms. The van der Waals surface area contributed by atoms with Gasteiger partial charge in [-0.2, -0.15) is 5.10 Å². The lowest BCUT2D eigenvalue weighted by atomic mass is 9.91. The van der Waals surface area contributed by atoms with Crippen LogP contribution in [0.3, 0.4) is 0 Å². The van der Waals surface area contributed by atoms with E-state index >= 15 is 0 Å². The third-order valence-corrected chi connectivity index (χ3v) is 5.75. The number of nitrogen functional groups attached to an aromatic ring is 1. The number of nitrogens with zero attached hydrogens (tertiary/aromatic N) is 3. The number of halogens is 3. The molecule has 174 valence electrons. The predicted octanol–water partition coefficient (Wildman–Crippen LogP) is 4.92. The van der Waals surface area contributed by atoms with Crippen molar-refractivity contribution < 1.29 is 19.0 Å². The normalized spacial score (nSPS) is 20.8. The first-order chi connectivity index (χ1) is 15.6. The molecule has 1 aromatic carbocycles. The molecule has 0 saturated carbocycles. The Morgan fingerprint density at radius 3 is 2.73 bits per heavy atom. The molecule has 4 rings (SSSR count). The number of hydrogen-bond donors (Lipinski definition) is 2. The van der Waals surface area contributed by atoms with E-state index in [0.717, 1.165) is 5.56 Å². The molecular weight excluding hydrogens is 469 g/mol. The second-order valence-electron chi connectivity index (χ2n) is 7.35. The molecule has 0 aliphatic carbocycles. The molecule has 3 N–H and O–H groups in total. The van der Waals surface area contributed by atoms with Crippen LogP contribution in [-0.2, 0) is 4.74 Å². The maximum atomic E-state index is 13.9. The number of hydrogen-bond acceptors (Lipinski definition) is 6. The molecule has 3 heterocycles. The van der Waals surface area contributed by atoms with E-state index in [1.807, 2.05) is 13.8 Å². The molecule has 11 heteroatoms. The van der Waals surface area contributed by atoms with E-state index in [2.05, 4.69) is 10.1 Å². The lowest BCUT2D eigenvalue weighted by Crippen LogP contribution is -2.27. The predicted molar refractivity (Wildman–Crippen MR) is 127 cm³/mol. The largest absolute Gasteiger partial charge is 0.482 e. The first-order valence-corrected chi connectivity index (χ1v) is 11.2. The van der Waals surface area contributed by atoms with Crippen molar-refractivity contribution in [3.63, 3.8) is 0 Å². The summed E-state index contributed by atoms with van der Waals surface area (Å²) in [5.74, 6) is -0.150. The van der Waals surface area contributed by atoms with E-state index in [1.165, 1.54) is 12.1 Å². The van der Waals surface area contributed by atoms with Gasteiger partial charge in [0.25, 0.3) is 0 Å². The number of pyridine rings is 1. The highest BCUT2D eigenvalue weighted by molar-refractivity contribution is 6.36. The molecule has 3 aromatic rings. The molecule has 2 radical (unpaired) electrons. The Morgan fingerprint density at radius 1 is 1.33 bits per heavy atom. The zero-order valence-electron chi connectivity index (χ0n) is 18.4. The Bertz CT molecular complexity index is 1130. The molecule has 0 amide bonds. The van der Waals surface area contributed by atoms with Crippen LogP contribution in [0.25, 0.3) is 11.1 Å². The Morgan fingerprint density at radius 2 is 2.06 bits per heavy atom. The summed E-state index contributed by atoms with van der Waals surface area (Å²) in [5.41, 5.74) is 6.08. The lowest BCUT2D eigenvalue weighted by Gasteiger charge is -2.19. The first kappa shape index (κ1) is 25.3. The maximum Gasteiger partial charge on any atom is 0.166 e. The summed E-state index contributed by atoms with van der Waals surface area (Å²) in [6.45, 7) is 5.93. The molecule has 3 atom stereocenters. The van der Waals surface area contributed by atoms with Crippen LogP contribution in [0.4, 0.5) is 10.2 Å². The highest BCUT2D eigenvalue weighted by Gasteiger charge is 2.34. The van der Waals surface area contributed by atoms with Crippen LogP contribution in [0.1, 0.15) is 44.9 Å². The van der Waals surface area contributed by atoms with E-state index in [0.29, 0.717) is 11.1 Å². The molecule has 3 unspecified atom stereocenters. The number of anilines is 1. The quantitative estimate of drug-likeness (QED) is 0.388. The van der Waals surface area contributed by atoms with Crippen molar-refractivity contribution in [1.82, 2.24) is 14.8 Å². The molecule has 1 aliphatic rings. The number of nitrogens with two attached hydrogens (primary N) is 1. The van der Waals surface area contributed by atoms with E-state index in [1.54, 1.807) is 36.3 Å². The zero-order valence-corrected chi connectivity index (χ0v) is 19.9. The van der Waals surface area contributed by atoms with Gasteiger partial charge in [0.05, 0.1) is 23.9 Å². The minimum absolute atomic E-state index is 0.109. The number of rotatable bonds is 5. The smallest absolute Gasteiger partial charge is 0.166 e. The SMILES string of the molecule is CC.[B]C1(O)CC(n2cc(-c3cnc(N)c(OC(C)c4c(Cl)ccc(F)c4Cl)c3)cn2)CO1. The molecule has 1 aliphatic heterocycles. The van der Waals surface area contributed by atoms with Crippen LogP contribution in [0.5, 0.6) is 5.75 Å². The van der Waals surface area contributed by atoms with Gasteiger partial charge in [-0.3, -0.25) is 4.68 Å². The minimum atomic E-state index is -1.66. The van der Waals surface area contributed by atoms with Gasteiger partial charge < -0.3 is 20.3 Å². The maximum absolute atomic E-state index is 13.9. The summed E-state index contributed by atoms with van der Waals surface area (Å²) in [5, 5.41) is 14.3. The van der Waals surface area contributed by atoms with Crippen molar-refractivity contribution in [1.29, 1.82) is 0 Å². The molecule has 2 aromatic heterocycles. The standard InChI is InChI=1S/C20H18BCl2FN4O3.C2H6/c1-10(17-14(22)2-3-15(24)18(17)23)31-16-4-11(6-26-19(16)25)12-7-27-28(8-12)13-5-20(21,29)30-9-13;1-2/h2-4,6-8,10,13,29H,5,9H2,1H3,(H2,25,26);1-2H3. The first-order valence-electron chi connectivity index (χ1n) is 10.4. The van der Waals surface area contributed by atoms with Crippen molar-refractivity contribution in [3.05, 3.63) is 58.2 Å². The molecule has 0 spiro atoms. The van der Waals surface area contributed by atoms with Gasteiger partial charge in [-0.15, -0.1) is 0 Å². The topological polar surface area (TPSA) is 95.4 Å². The molecule has 7 nitrogen and oxygen atoms in total. The fourth-order valence-corrected chi connectivity index (χ4v) is 4.10. The summed E-state index contributed by atoms with van der Waals surface area (Å²) in [6.07, 6.45) is 4.55. The summed E-state index contributed by atoms with van der Waals surface area (Å²) >= 11 is 12.3. The van der Waals surface area contributed by atoms with Crippen LogP contribution < -0.4 is 10.5 Å². The van der Waals surface area contributed by atoms with Crippen LogP contribution in [0.15, 0.2) is 36.8 Å². The average molecular weight is 493 g/mol. The monoisotopic (exact) mass is 492 g/mol. The zero-order chi connectivity index (χ0) is 24.3. The summed E-state index contributed by atoms with van der Waals surface area (Å²) in [4.78, 5) is 4.19. The van der Waals surface area contributed by atoms with Crippen molar-refractivity contribution in [2.45, 2.75) is 45.0 Å². The second kappa shape index (κ2) is 10.3. The van der Waals surface area contributed by atoms with E-state index in [-0.39, 0.29) is 40.7 Å². The highest BCUT2D eigenvalue weighted by atomic mass is 35.5. The lowest BCUT2D eigenvalue weighted by molar-refractivity contribution is -0.100. The van der Waals surface area contributed by atoms with Crippen molar-refractivity contribution in [2.75, 3.05) is 12.3 Å². The van der Waals surface area contributed by atoms with Crippen LogP contribution in [-0.4, -0.2) is 40.0 Å². The van der Waals surface area contributed by atoms with Gasteiger partial charge in [-0.25, -0.2) is 9.37 Å². The van der Waals surface area contributed by atoms with Gasteiger partial charge in [0.1, 0.15) is 17.6 Å². The van der Waals surface area contributed by atoms with E-state index < -0.39 is 17.6 Å². The van der Waals surface area contributed by atoms with Crippen molar-refractivity contribution in [2.24, 2.45) is 0 Å². The number of benzene rings is 1. The van der Waals surface area contributed by atoms with E-state index in [4.69, 9.17) is 46.3 Å². The molecule has 1 saturated heterocycles. The van der Waals surface area contributed by atoms with Gasteiger partial charge in [0, 0.05) is 40.5 Å². The third-order valence-electron chi connectivity index (χ3n) is 5.03. The van der Waals surface area contributed by atoms with Gasteiger partial charge in [-0.05, 0) is 25.1 Å². The fraction of sp³-hybridized carbons (Fsp3) is 0.364. The summed E-state index contributed by atoms with van der Waals surface area (Å²) < 4.78 is 26.6. The molecule has 0 bridgehead atoms. The molecular formula is C22H24BCl2FN4O3. The van der Waals surface area contributed by atoms with Gasteiger partial charge in [0.15, 0.2) is 19.4 Å². The second-order valence-corrected chi connectivity index (χ2v) is 8.13. The summed E-state index contributed by atoms with van der Waals surface area (Å²) in [7, 11) is 5.59. The van der Waals surface area contributed by atoms with Gasteiger partial charge >= 0.3 is 0 Å². The number of aliphatic hydroxyl groups is 1. The number of ether oxygens (including phenoxy) is 2. The van der Waals surface area contributed by atoms with Crippen LogP contribution in [0, 0.1) is 5.82 Å². The Labute approximate surface area is 203 Å². The Hall–Kier alpha value is -2.33. The third kappa shape index (κ3) is 5.61. The summed E-state index contributed by atoms with van der Waals surface area (Å²) in [6, 6.07) is 4.11. The highest BCUT2D eigenvalue weighted by Crippen LogP contribution is 2.37. The molecule has 1 fully saturated rings. The van der Waals surface area contributed by atoms with Gasteiger partial charge in [-0.1, -0.05) is 37.0 Å². The Kier molecular flexibility index (Phi) is 7.90. The van der Waals surface area contributed by atoms with Crippen molar-refractivity contribution in [3.8, 4) is 16.9 Å². The number of aromatic nitrogens is 3. The minimum Gasteiger partial charge on any atom is -0.482 e. The Balaban J connectivity index is 0.00000149.